The van der Waals surface area contributed by atoms with Gasteiger partial charge in [0, 0.05) is 13.1 Å². The molecule has 0 amide bonds. The lowest BCUT2D eigenvalue weighted by Crippen LogP contribution is -2.16. The average molecular weight is 170 g/mol. The van der Waals surface area contributed by atoms with Crippen LogP contribution in [0.5, 0.6) is 0 Å². The lowest BCUT2D eigenvalue weighted by Gasteiger charge is -2.18. The molecule has 2 radical (unpaired) electrons. The minimum absolute atomic E-state index is 0.529. The predicted molar refractivity (Wildman–Crippen MR) is 53.8 cm³/mol. The van der Waals surface area contributed by atoms with Crippen LogP contribution in [0.2, 0.25) is 0 Å². The van der Waals surface area contributed by atoms with Gasteiger partial charge in [-0.15, -0.1) is 0 Å². The molecule has 0 saturated carbocycles. The van der Waals surface area contributed by atoms with E-state index < -0.39 is 0 Å². The third-order valence-corrected chi connectivity index (χ3v) is 2.33. The van der Waals surface area contributed by atoms with Crippen LogP contribution in [0.1, 0.15) is 39.5 Å². The largest absolute Gasteiger partial charge is 0.326 e. The quantitative estimate of drug-likeness (QED) is 0.614. The molecule has 0 heterocycles. The van der Waals surface area contributed by atoms with Gasteiger partial charge in [-0.25, -0.2) is 0 Å². The van der Waals surface area contributed by atoms with Crippen LogP contribution in [-0.2, 0) is 0 Å². The van der Waals surface area contributed by atoms with Gasteiger partial charge in [-0.3, -0.25) is 0 Å². The third kappa shape index (κ3) is 4.73. The lowest BCUT2D eigenvalue weighted by molar-refractivity contribution is 0.403. The van der Waals surface area contributed by atoms with Crippen LogP contribution < -0.4 is 11.5 Å². The van der Waals surface area contributed by atoms with E-state index in [-0.39, 0.29) is 0 Å². The van der Waals surface area contributed by atoms with Crippen molar-refractivity contribution in [1.82, 2.24) is 0 Å². The molecule has 2 atom stereocenters. The first kappa shape index (κ1) is 11.9. The Hall–Kier alpha value is -0.0800. The Balaban J connectivity index is 3.65. The fourth-order valence-electron chi connectivity index (χ4n) is 1.43. The summed E-state index contributed by atoms with van der Waals surface area (Å²) in [7, 11) is 0. The number of hydrogen-bond donors (Lipinski definition) is 2. The van der Waals surface area contributed by atoms with Gasteiger partial charge in [-0.1, -0.05) is 26.7 Å². The molecule has 0 fully saturated rings. The van der Waals surface area contributed by atoms with E-state index >= 15 is 0 Å². The minimum Gasteiger partial charge on any atom is -0.326 e. The molecule has 2 heteroatoms. The zero-order chi connectivity index (χ0) is 9.40. The van der Waals surface area contributed by atoms with Crippen molar-refractivity contribution in [1.29, 1.82) is 0 Å². The van der Waals surface area contributed by atoms with Gasteiger partial charge >= 0.3 is 0 Å². The molecule has 2 nitrogen and oxygen atoms in total. The first-order chi connectivity index (χ1) is 5.78. The van der Waals surface area contributed by atoms with Gasteiger partial charge < -0.3 is 11.5 Å². The Morgan fingerprint density at radius 2 is 1.67 bits per heavy atom. The van der Waals surface area contributed by atoms with Crippen LogP contribution >= 0.6 is 0 Å². The fourth-order valence-corrected chi connectivity index (χ4v) is 1.43. The van der Waals surface area contributed by atoms with E-state index in [4.69, 9.17) is 11.5 Å². The van der Waals surface area contributed by atoms with Crippen molar-refractivity contribution in [3.63, 3.8) is 0 Å². The first-order valence-electron chi connectivity index (χ1n) is 4.88. The highest BCUT2D eigenvalue weighted by Gasteiger charge is 2.12. The maximum absolute atomic E-state index is 5.54. The van der Waals surface area contributed by atoms with E-state index in [1.165, 1.54) is 12.8 Å². The summed E-state index contributed by atoms with van der Waals surface area (Å²) in [4.78, 5) is 0. The summed E-state index contributed by atoms with van der Waals surface area (Å²) in [5, 5.41) is 0. The van der Waals surface area contributed by atoms with Crippen molar-refractivity contribution >= 4 is 0 Å². The molecule has 0 aromatic carbocycles. The zero-order valence-electron chi connectivity index (χ0n) is 8.29. The molecular weight excluding hydrogens is 148 g/mol. The molecular formula is C10H22N2. The second-order valence-corrected chi connectivity index (χ2v) is 3.34. The van der Waals surface area contributed by atoms with Crippen molar-refractivity contribution in [2.24, 2.45) is 23.3 Å². The Bertz CT molecular complexity index is 89.8. The molecule has 0 bridgehead atoms. The zero-order valence-corrected chi connectivity index (χ0v) is 8.29. The topological polar surface area (TPSA) is 52.0 Å². The molecule has 0 saturated heterocycles. The molecule has 0 spiro atoms. The van der Waals surface area contributed by atoms with Gasteiger partial charge in [0.2, 0.25) is 0 Å². The molecule has 0 aliphatic heterocycles. The highest BCUT2D eigenvalue weighted by molar-refractivity contribution is 4.78. The molecule has 4 N–H and O–H groups in total. The summed E-state index contributed by atoms with van der Waals surface area (Å²) in [5.74, 6) is 1.07. The minimum atomic E-state index is 0.529. The molecule has 0 aromatic rings. The van der Waals surface area contributed by atoms with E-state index in [1.807, 2.05) is 6.54 Å². The van der Waals surface area contributed by atoms with Gasteiger partial charge in [-0.2, -0.15) is 0 Å². The van der Waals surface area contributed by atoms with E-state index in [0.29, 0.717) is 11.8 Å². The Morgan fingerprint density at radius 3 is 2.00 bits per heavy atom. The van der Waals surface area contributed by atoms with Crippen molar-refractivity contribution in [3.05, 3.63) is 13.1 Å². The van der Waals surface area contributed by atoms with E-state index in [9.17, 15) is 0 Å². The maximum Gasteiger partial charge on any atom is 0.0223 e. The predicted octanol–water partition coefficient (Wildman–Crippen LogP) is 2.06. The molecule has 0 aliphatic carbocycles. The van der Waals surface area contributed by atoms with Crippen LogP contribution in [0.15, 0.2) is 0 Å². The van der Waals surface area contributed by atoms with Crippen LogP contribution in [0, 0.1) is 24.9 Å². The summed E-state index contributed by atoms with van der Waals surface area (Å²) >= 11 is 0. The molecule has 0 rings (SSSR count). The van der Waals surface area contributed by atoms with E-state index in [2.05, 4.69) is 13.8 Å². The number of nitrogens with two attached hydrogens (primary N) is 2. The number of rotatable bonds is 7. The number of hydrogen-bond acceptors (Lipinski definition) is 2. The van der Waals surface area contributed by atoms with Crippen LogP contribution in [-0.4, -0.2) is 0 Å². The third-order valence-electron chi connectivity index (χ3n) is 2.33. The summed E-state index contributed by atoms with van der Waals surface area (Å²) in [6.45, 7) is 7.96. The van der Waals surface area contributed by atoms with Gasteiger partial charge in [0.25, 0.3) is 0 Å². The Morgan fingerprint density at radius 1 is 1.08 bits per heavy atom. The summed E-state index contributed by atoms with van der Waals surface area (Å²) in [6, 6.07) is 0. The molecule has 12 heavy (non-hydrogen) atoms. The van der Waals surface area contributed by atoms with Crippen LogP contribution in [0.3, 0.4) is 0 Å². The summed E-state index contributed by atoms with van der Waals surface area (Å²) < 4.78 is 0. The monoisotopic (exact) mass is 170 g/mol. The summed E-state index contributed by atoms with van der Waals surface area (Å²) in [6.07, 6.45) is 4.60. The van der Waals surface area contributed by atoms with Crippen molar-refractivity contribution in [2.75, 3.05) is 0 Å². The summed E-state index contributed by atoms with van der Waals surface area (Å²) in [5.41, 5.74) is 11.0. The Kier molecular flexibility index (Phi) is 7.51. The average Bonchev–Trinajstić information content (AvgIpc) is 2.12. The van der Waals surface area contributed by atoms with Crippen molar-refractivity contribution in [2.45, 2.75) is 39.5 Å². The van der Waals surface area contributed by atoms with Gasteiger partial charge in [-0.05, 0) is 24.7 Å². The fraction of sp³-hybridized carbons (Fsp3) is 0.800. The van der Waals surface area contributed by atoms with Crippen LogP contribution in [0.4, 0.5) is 0 Å². The lowest BCUT2D eigenvalue weighted by atomic mass is 9.90. The van der Waals surface area contributed by atoms with E-state index in [0.717, 1.165) is 12.8 Å². The van der Waals surface area contributed by atoms with Crippen molar-refractivity contribution in [3.8, 4) is 0 Å². The standard InChI is InChI=1S/C10H22N2/c1-3-5-10(8-12)6-9(4-2)7-11/h7-10H,3-6,11-12H2,1-2H3. The highest BCUT2D eigenvalue weighted by Crippen LogP contribution is 2.21. The first-order valence-corrected chi connectivity index (χ1v) is 4.88. The van der Waals surface area contributed by atoms with Gasteiger partial charge in [0.1, 0.15) is 0 Å². The van der Waals surface area contributed by atoms with E-state index in [1.54, 1.807) is 6.54 Å². The Labute approximate surface area is 76.7 Å². The van der Waals surface area contributed by atoms with Gasteiger partial charge in [0.05, 0.1) is 0 Å². The highest BCUT2D eigenvalue weighted by atomic mass is 14.6. The smallest absolute Gasteiger partial charge is 0.0223 e. The van der Waals surface area contributed by atoms with Crippen LogP contribution in [0.25, 0.3) is 0 Å². The molecule has 0 aromatic heterocycles. The second-order valence-electron chi connectivity index (χ2n) is 3.34. The van der Waals surface area contributed by atoms with Crippen molar-refractivity contribution < 1.29 is 0 Å². The molecule has 2 unspecified atom stereocenters. The SMILES string of the molecule is CCCC([CH]N)CC([CH]N)CC. The molecule has 0 aliphatic rings. The van der Waals surface area contributed by atoms with Gasteiger partial charge in [0.15, 0.2) is 0 Å². The molecule has 72 valence electrons. The maximum atomic E-state index is 5.54. The normalized spacial score (nSPS) is 16.0. The second kappa shape index (κ2) is 7.56.